The summed E-state index contributed by atoms with van der Waals surface area (Å²) in [5.74, 6) is -1.18. The van der Waals surface area contributed by atoms with Crippen LogP contribution >= 0.6 is 0 Å². The third kappa shape index (κ3) is 4.03. The number of methoxy groups -OCH3 is 1. The summed E-state index contributed by atoms with van der Waals surface area (Å²) in [6, 6.07) is 11.8. The number of benzene rings is 2. The number of amides is 1. The van der Waals surface area contributed by atoms with Crippen LogP contribution in [0.25, 0.3) is 0 Å². The van der Waals surface area contributed by atoms with E-state index in [-0.39, 0.29) is 4.90 Å². The normalized spacial score (nSPS) is 20.2. The van der Waals surface area contributed by atoms with Gasteiger partial charge in [0.2, 0.25) is 15.9 Å². The van der Waals surface area contributed by atoms with Gasteiger partial charge in [-0.25, -0.2) is 8.42 Å². The van der Waals surface area contributed by atoms with Crippen molar-refractivity contribution in [2.45, 2.75) is 30.3 Å². The number of carboxylic acids is 1. The Morgan fingerprint density at radius 2 is 1.77 bits per heavy atom. The standard InChI is InChI=1S/C21H24N2O6S/c1-3-13-22-18(24)14-23(30(27,28)17-7-5-4-6-8-17)20(21(25)26)19(22)15-9-11-16(29-2)12-10-15/h4-12,19-20H,3,13-14H2,1-2H3,(H,25,26). The summed E-state index contributed by atoms with van der Waals surface area (Å²) >= 11 is 0. The Hall–Kier alpha value is -2.91. The third-order valence-corrected chi connectivity index (χ3v) is 6.92. The minimum Gasteiger partial charge on any atom is -0.497 e. The van der Waals surface area contributed by atoms with Gasteiger partial charge >= 0.3 is 5.97 Å². The van der Waals surface area contributed by atoms with Crippen LogP contribution in [0.2, 0.25) is 0 Å². The first-order chi connectivity index (χ1) is 14.3. The highest BCUT2D eigenvalue weighted by Gasteiger charge is 2.50. The lowest BCUT2D eigenvalue weighted by Crippen LogP contribution is -2.61. The number of rotatable bonds is 7. The van der Waals surface area contributed by atoms with Gasteiger partial charge < -0.3 is 14.7 Å². The molecule has 9 heteroatoms. The fraction of sp³-hybridized carbons (Fsp3) is 0.333. The number of sulfonamides is 1. The lowest BCUT2D eigenvalue weighted by atomic mass is 9.94. The van der Waals surface area contributed by atoms with Gasteiger partial charge in [-0.2, -0.15) is 4.31 Å². The van der Waals surface area contributed by atoms with Crippen molar-refractivity contribution >= 4 is 21.9 Å². The van der Waals surface area contributed by atoms with Crippen LogP contribution in [0.1, 0.15) is 24.9 Å². The molecule has 0 bridgehead atoms. The van der Waals surface area contributed by atoms with E-state index in [1.165, 1.54) is 24.1 Å². The lowest BCUT2D eigenvalue weighted by Gasteiger charge is -2.44. The van der Waals surface area contributed by atoms with E-state index in [0.29, 0.717) is 24.3 Å². The Morgan fingerprint density at radius 1 is 1.13 bits per heavy atom. The number of aliphatic carboxylic acids is 1. The Morgan fingerprint density at radius 3 is 2.30 bits per heavy atom. The molecule has 30 heavy (non-hydrogen) atoms. The largest absolute Gasteiger partial charge is 0.497 e. The molecule has 1 aliphatic rings. The Balaban J connectivity index is 2.14. The summed E-state index contributed by atoms with van der Waals surface area (Å²) in [6.45, 7) is 1.67. The first kappa shape index (κ1) is 21.8. The Kier molecular flexibility index (Phi) is 6.42. The molecular weight excluding hydrogens is 408 g/mol. The number of hydrogen-bond acceptors (Lipinski definition) is 5. The van der Waals surface area contributed by atoms with Crippen LogP contribution in [0.3, 0.4) is 0 Å². The first-order valence-corrected chi connectivity index (χ1v) is 11.0. The molecule has 1 aliphatic heterocycles. The zero-order valence-corrected chi connectivity index (χ0v) is 17.6. The molecule has 0 saturated carbocycles. The number of carbonyl (C=O) groups is 2. The summed E-state index contributed by atoms with van der Waals surface area (Å²) in [6.07, 6.45) is 0.607. The monoisotopic (exact) mass is 432 g/mol. The van der Waals surface area contributed by atoms with E-state index < -0.39 is 40.5 Å². The van der Waals surface area contributed by atoms with E-state index >= 15 is 0 Å². The van der Waals surface area contributed by atoms with Crippen molar-refractivity contribution in [3.05, 3.63) is 60.2 Å². The summed E-state index contributed by atoms with van der Waals surface area (Å²) in [7, 11) is -2.69. The Bertz CT molecular complexity index is 1010. The highest BCUT2D eigenvalue weighted by Crippen LogP contribution is 2.36. The molecule has 0 radical (unpaired) electrons. The number of carbonyl (C=O) groups excluding carboxylic acids is 1. The molecule has 8 nitrogen and oxygen atoms in total. The zero-order chi connectivity index (χ0) is 21.9. The second kappa shape index (κ2) is 8.85. The smallest absolute Gasteiger partial charge is 0.324 e. The van der Waals surface area contributed by atoms with Crippen molar-refractivity contribution in [1.82, 2.24) is 9.21 Å². The SMILES string of the molecule is CCCN1C(=O)CN(S(=O)(=O)c2ccccc2)C(C(=O)O)C1c1ccc(OC)cc1. The second-order valence-electron chi connectivity index (χ2n) is 6.95. The quantitative estimate of drug-likeness (QED) is 0.719. The summed E-state index contributed by atoms with van der Waals surface area (Å²) in [4.78, 5) is 26.7. The van der Waals surface area contributed by atoms with Crippen molar-refractivity contribution in [2.75, 3.05) is 20.2 Å². The molecule has 2 atom stereocenters. The third-order valence-electron chi connectivity index (χ3n) is 5.08. The molecule has 1 amide bonds. The van der Waals surface area contributed by atoms with E-state index in [1.807, 2.05) is 6.92 Å². The maximum Gasteiger partial charge on any atom is 0.324 e. The van der Waals surface area contributed by atoms with Gasteiger partial charge in [-0.05, 0) is 36.2 Å². The molecule has 3 rings (SSSR count). The van der Waals surface area contributed by atoms with Gasteiger partial charge in [0.25, 0.3) is 0 Å². The van der Waals surface area contributed by atoms with Crippen LogP contribution in [-0.4, -0.2) is 60.8 Å². The fourth-order valence-electron chi connectivity index (χ4n) is 3.69. The van der Waals surface area contributed by atoms with Gasteiger partial charge in [0.1, 0.15) is 11.8 Å². The van der Waals surface area contributed by atoms with Crippen LogP contribution in [0.5, 0.6) is 5.75 Å². The predicted molar refractivity (Wildman–Crippen MR) is 109 cm³/mol. The molecule has 0 aliphatic carbocycles. The van der Waals surface area contributed by atoms with Crippen LogP contribution in [0, 0.1) is 0 Å². The van der Waals surface area contributed by atoms with E-state index in [2.05, 4.69) is 0 Å². The average Bonchev–Trinajstić information content (AvgIpc) is 2.75. The van der Waals surface area contributed by atoms with E-state index in [0.717, 1.165) is 4.31 Å². The highest BCUT2D eigenvalue weighted by atomic mass is 32.2. The average molecular weight is 432 g/mol. The summed E-state index contributed by atoms with van der Waals surface area (Å²) in [5.41, 5.74) is 0.526. The first-order valence-electron chi connectivity index (χ1n) is 9.54. The topological polar surface area (TPSA) is 104 Å². The van der Waals surface area contributed by atoms with E-state index in [1.54, 1.807) is 42.5 Å². The maximum atomic E-state index is 13.3. The van der Waals surface area contributed by atoms with Gasteiger partial charge in [0, 0.05) is 6.54 Å². The molecule has 0 aromatic heterocycles. The van der Waals surface area contributed by atoms with Gasteiger partial charge in [-0.3, -0.25) is 9.59 Å². The minimum atomic E-state index is -4.20. The number of ether oxygens (including phenoxy) is 1. The van der Waals surface area contributed by atoms with Crippen molar-refractivity contribution in [2.24, 2.45) is 0 Å². The number of hydrogen-bond donors (Lipinski definition) is 1. The van der Waals surface area contributed by atoms with Gasteiger partial charge in [-0.1, -0.05) is 37.3 Å². The maximum absolute atomic E-state index is 13.3. The summed E-state index contributed by atoms with van der Waals surface area (Å²) < 4.78 is 32.5. The molecule has 1 fully saturated rings. The van der Waals surface area contributed by atoms with Crippen molar-refractivity contribution < 1.29 is 27.9 Å². The number of carboxylic acid groups (broad SMARTS) is 1. The number of nitrogens with zero attached hydrogens (tertiary/aromatic N) is 2. The van der Waals surface area contributed by atoms with Crippen LogP contribution < -0.4 is 4.74 Å². The minimum absolute atomic E-state index is 0.0542. The van der Waals surface area contributed by atoms with Gasteiger partial charge in [0.15, 0.2) is 0 Å². The Labute approximate surface area is 175 Å². The molecule has 1 saturated heterocycles. The molecule has 2 aromatic carbocycles. The molecule has 2 aromatic rings. The molecule has 0 spiro atoms. The molecule has 1 N–H and O–H groups in total. The van der Waals surface area contributed by atoms with Gasteiger partial charge in [0.05, 0.1) is 24.6 Å². The second-order valence-corrected chi connectivity index (χ2v) is 8.84. The molecule has 2 unspecified atom stereocenters. The van der Waals surface area contributed by atoms with Crippen molar-refractivity contribution in [1.29, 1.82) is 0 Å². The lowest BCUT2D eigenvalue weighted by molar-refractivity contribution is -0.153. The van der Waals surface area contributed by atoms with Crippen molar-refractivity contribution in [3.63, 3.8) is 0 Å². The fourth-order valence-corrected chi connectivity index (χ4v) is 5.25. The molecule has 160 valence electrons. The van der Waals surface area contributed by atoms with Crippen LogP contribution in [-0.2, 0) is 19.6 Å². The summed E-state index contributed by atoms with van der Waals surface area (Å²) in [5, 5.41) is 10.1. The van der Waals surface area contributed by atoms with E-state index in [4.69, 9.17) is 4.74 Å². The van der Waals surface area contributed by atoms with Gasteiger partial charge in [-0.15, -0.1) is 0 Å². The number of piperazine rings is 1. The molecule has 1 heterocycles. The van der Waals surface area contributed by atoms with Crippen LogP contribution in [0.4, 0.5) is 0 Å². The van der Waals surface area contributed by atoms with Crippen molar-refractivity contribution in [3.8, 4) is 5.75 Å². The molecular formula is C21H24N2O6S. The zero-order valence-electron chi connectivity index (χ0n) is 16.8. The highest BCUT2D eigenvalue weighted by molar-refractivity contribution is 7.89. The van der Waals surface area contributed by atoms with Crippen LogP contribution in [0.15, 0.2) is 59.5 Å². The predicted octanol–water partition coefficient (Wildman–Crippen LogP) is 2.13. The van der Waals surface area contributed by atoms with E-state index in [9.17, 15) is 23.1 Å².